The summed E-state index contributed by atoms with van der Waals surface area (Å²) >= 11 is 0. The van der Waals surface area contributed by atoms with Crippen molar-refractivity contribution in [2.75, 3.05) is 19.8 Å². The second kappa shape index (κ2) is 26.9. The van der Waals surface area contributed by atoms with E-state index in [0.29, 0.717) is 25.7 Å². The van der Waals surface area contributed by atoms with E-state index in [2.05, 4.69) is 13.8 Å². The zero-order valence-corrected chi connectivity index (χ0v) is 50.7. The molecule has 480 valence electrons. The highest BCUT2D eigenvalue weighted by molar-refractivity contribution is 5.85. The highest BCUT2D eigenvalue weighted by atomic mass is 16.8. The molecule has 0 aromatic carbocycles. The van der Waals surface area contributed by atoms with Gasteiger partial charge in [-0.15, -0.1) is 0 Å². The smallest absolute Gasteiger partial charge is 0.331 e. The number of hydrogen-bond donors (Lipinski definition) is 1. The normalized spacial score (nSPS) is 40.8. The van der Waals surface area contributed by atoms with Crippen LogP contribution in [0.3, 0.4) is 0 Å². The average Bonchev–Trinajstić information content (AvgIpc) is 1.40. The second-order valence-electron chi connectivity index (χ2n) is 24.5. The number of esters is 10. The van der Waals surface area contributed by atoms with Crippen molar-refractivity contribution < 1.29 is 129 Å². The molecule has 7 fully saturated rings. The Morgan fingerprint density at radius 3 is 1.41 bits per heavy atom. The molecule has 0 spiro atoms. The van der Waals surface area contributed by atoms with Gasteiger partial charge in [-0.05, 0) is 99.4 Å². The van der Waals surface area contributed by atoms with Gasteiger partial charge in [0.25, 0.3) is 0 Å². The molecule has 4 aliphatic carbocycles. The van der Waals surface area contributed by atoms with Crippen molar-refractivity contribution in [3.63, 3.8) is 0 Å². The third-order valence-corrected chi connectivity index (χ3v) is 18.7. The number of fused-ring (bicyclic) bond motifs is 5. The van der Waals surface area contributed by atoms with Gasteiger partial charge in [0.05, 0.1) is 31.0 Å². The molecule has 0 radical (unpaired) electrons. The molecule has 8 aliphatic rings. The second-order valence-corrected chi connectivity index (χ2v) is 24.5. The van der Waals surface area contributed by atoms with Crippen LogP contribution in [-0.4, -0.2) is 188 Å². The average molecular weight is 1220 g/mol. The quantitative estimate of drug-likeness (QED) is 0.117. The van der Waals surface area contributed by atoms with Gasteiger partial charge in [-0.25, -0.2) is 4.79 Å². The van der Waals surface area contributed by atoms with E-state index in [-0.39, 0.29) is 41.7 Å². The Balaban J connectivity index is 1.06. The maximum Gasteiger partial charge on any atom is 0.331 e. The van der Waals surface area contributed by atoms with E-state index < -0.39 is 176 Å². The van der Waals surface area contributed by atoms with Gasteiger partial charge in [0, 0.05) is 73.8 Å². The molecular formula is C59H82O27. The SMILES string of the molecule is CC(=O)OC1C(C)OC(OCC2OC(OCC3OC(OC4CCC5(C)C(CCC6C5CCC5(C)C(C7=CC(=O)OC7)CCC65O)C4)C(OC(C)=O)C(OC(C)=O)C3OC(C)=O)C(OC(C)=O)C(OC(C)=O)C2OC(C)=O)C(OC(C)=O)C1OC(C)=O. The summed E-state index contributed by atoms with van der Waals surface area (Å²) < 4.78 is 94.8. The van der Waals surface area contributed by atoms with Crippen LogP contribution in [0, 0.1) is 34.5 Å². The Bertz CT molecular complexity index is 2620. The summed E-state index contributed by atoms with van der Waals surface area (Å²) in [6.07, 6.45) is -15.9. The van der Waals surface area contributed by atoms with Crippen molar-refractivity contribution in [2.24, 2.45) is 34.5 Å². The van der Waals surface area contributed by atoms with Gasteiger partial charge in [0.2, 0.25) is 0 Å². The lowest BCUT2D eigenvalue weighted by Crippen LogP contribution is -2.65. The first-order valence-corrected chi connectivity index (χ1v) is 29.4. The summed E-state index contributed by atoms with van der Waals surface area (Å²) in [7, 11) is 0. The molecule has 0 amide bonds. The number of cyclic esters (lactones) is 1. The van der Waals surface area contributed by atoms with Crippen molar-refractivity contribution in [2.45, 2.75) is 245 Å². The molecule has 4 aliphatic heterocycles. The predicted octanol–water partition coefficient (Wildman–Crippen LogP) is 3.24. The summed E-state index contributed by atoms with van der Waals surface area (Å²) in [5.41, 5.74) is -0.624. The van der Waals surface area contributed by atoms with E-state index in [1.165, 1.54) is 6.92 Å². The highest BCUT2D eigenvalue weighted by Gasteiger charge is 2.68. The summed E-state index contributed by atoms with van der Waals surface area (Å²) in [6, 6.07) is 0. The van der Waals surface area contributed by atoms with E-state index >= 15 is 0 Å². The molecule has 3 saturated heterocycles. The molecule has 4 heterocycles. The standard InChI is InChI=1S/C59H82O27/c1-26-45(75-27(2)60)48(78-30(5)63)51(81-33(8)66)54(74-26)72-24-42-46(76-28(3)61)49(79-31(6)64)52(82-34(9)67)55(85-42)73-25-43-47(77-29(4)62)50(80-32(7)65)53(83-35(10)68)56(86-43)84-38-15-18-57(11)37(22-38)13-14-41-40(57)16-19-58(12)39(17-20-59(41,58)70)36-21-44(69)71-23-36/h21,26,37-43,45-56,70H,13-20,22-25H2,1-12H3. The van der Waals surface area contributed by atoms with Crippen LogP contribution in [-0.2, 0) is 124 Å². The number of rotatable bonds is 18. The first kappa shape index (κ1) is 66.1. The number of ether oxygens (including phenoxy) is 16. The highest BCUT2D eigenvalue weighted by Crippen LogP contribution is 2.70. The topological polar surface area (TPSA) is 339 Å². The van der Waals surface area contributed by atoms with Gasteiger partial charge in [0.1, 0.15) is 18.8 Å². The van der Waals surface area contributed by atoms with Gasteiger partial charge in [0.15, 0.2) is 73.8 Å². The molecule has 27 heteroatoms. The van der Waals surface area contributed by atoms with Crippen LogP contribution in [0.4, 0.5) is 0 Å². The van der Waals surface area contributed by atoms with E-state index in [4.69, 9.17) is 75.8 Å². The maximum absolute atomic E-state index is 13.0. The first-order valence-electron chi connectivity index (χ1n) is 29.4. The van der Waals surface area contributed by atoms with Crippen LogP contribution < -0.4 is 0 Å². The van der Waals surface area contributed by atoms with Crippen molar-refractivity contribution in [1.82, 2.24) is 0 Å². The van der Waals surface area contributed by atoms with Crippen LogP contribution in [0.25, 0.3) is 0 Å². The third-order valence-electron chi connectivity index (χ3n) is 18.7. The fraction of sp³-hybridized carbons (Fsp3) is 0.797. The number of aliphatic hydroxyl groups is 1. The van der Waals surface area contributed by atoms with Crippen molar-refractivity contribution in [1.29, 1.82) is 0 Å². The van der Waals surface area contributed by atoms with E-state index in [0.717, 1.165) is 100.0 Å². The maximum atomic E-state index is 13.0. The molecule has 86 heavy (non-hydrogen) atoms. The van der Waals surface area contributed by atoms with Crippen molar-refractivity contribution in [3.8, 4) is 0 Å². The molecule has 23 atom stereocenters. The first-order chi connectivity index (χ1) is 40.4. The van der Waals surface area contributed by atoms with Crippen LogP contribution in [0.1, 0.15) is 141 Å². The number of carbonyl (C=O) groups excluding carboxylic acids is 10. The van der Waals surface area contributed by atoms with Crippen LogP contribution in [0.2, 0.25) is 0 Å². The van der Waals surface area contributed by atoms with Crippen LogP contribution in [0.5, 0.6) is 0 Å². The van der Waals surface area contributed by atoms with E-state index in [1.807, 2.05) is 0 Å². The minimum atomic E-state index is -1.82. The lowest BCUT2D eigenvalue weighted by molar-refractivity contribution is -0.347. The molecule has 23 unspecified atom stereocenters. The van der Waals surface area contributed by atoms with Crippen molar-refractivity contribution >= 4 is 59.7 Å². The molecule has 0 bridgehead atoms. The lowest BCUT2D eigenvalue weighted by Gasteiger charge is -2.64. The summed E-state index contributed by atoms with van der Waals surface area (Å²) in [5.74, 6) is -7.86. The van der Waals surface area contributed by atoms with Gasteiger partial charge in [-0.1, -0.05) is 13.8 Å². The lowest BCUT2D eigenvalue weighted by atomic mass is 9.43. The van der Waals surface area contributed by atoms with Gasteiger partial charge in [-0.3, -0.25) is 43.2 Å². The minimum Gasteiger partial charge on any atom is -0.458 e. The Kier molecular flexibility index (Phi) is 20.7. The predicted molar refractivity (Wildman–Crippen MR) is 284 cm³/mol. The van der Waals surface area contributed by atoms with Gasteiger partial charge >= 0.3 is 59.7 Å². The molecule has 0 aromatic rings. The Labute approximate surface area is 497 Å². The summed E-state index contributed by atoms with van der Waals surface area (Å²) in [6.45, 7) is 14.4. The van der Waals surface area contributed by atoms with E-state index in [1.54, 1.807) is 6.08 Å². The van der Waals surface area contributed by atoms with Crippen molar-refractivity contribution in [3.05, 3.63) is 11.6 Å². The fourth-order valence-corrected chi connectivity index (χ4v) is 15.4. The third kappa shape index (κ3) is 14.2. The number of carbonyl (C=O) groups is 10. The summed E-state index contributed by atoms with van der Waals surface area (Å²) in [5, 5.41) is 12.9. The Morgan fingerprint density at radius 1 is 0.500 bits per heavy atom. The Hall–Kier alpha value is -5.84. The van der Waals surface area contributed by atoms with Gasteiger partial charge in [-0.2, -0.15) is 0 Å². The fourth-order valence-electron chi connectivity index (χ4n) is 15.4. The van der Waals surface area contributed by atoms with E-state index in [9.17, 15) is 53.1 Å². The summed E-state index contributed by atoms with van der Waals surface area (Å²) in [4.78, 5) is 127. The molecule has 27 nitrogen and oxygen atoms in total. The van der Waals surface area contributed by atoms with Crippen LogP contribution in [0.15, 0.2) is 11.6 Å². The monoisotopic (exact) mass is 1220 g/mol. The minimum absolute atomic E-state index is 0.0224. The molecule has 8 rings (SSSR count). The van der Waals surface area contributed by atoms with Gasteiger partial charge < -0.3 is 80.9 Å². The Morgan fingerprint density at radius 2 is 0.930 bits per heavy atom. The van der Waals surface area contributed by atoms with Crippen LogP contribution >= 0.6 is 0 Å². The molecule has 1 N–H and O–H groups in total. The molecule has 0 aromatic heterocycles. The largest absolute Gasteiger partial charge is 0.458 e. The molecule has 4 saturated carbocycles. The number of hydrogen-bond acceptors (Lipinski definition) is 27. The zero-order chi connectivity index (χ0) is 62.9. The zero-order valence-electron chi connectivity index (χ0n) is 50.7. The molecular weight excluding hydrogens is 1140 g/mol.